The van der Waals surface area contributed by atoms with Crippen LogP contribution < -0.4 is 14.9 Å². The monoisotopic (exact) mass is 706 g/mol. The van der Waals surface area contributed by atoms with Gasteiger partial charge in [-0.3, -0.25) is 9.36 Å². The molecule has 1 aliphatic rings. The van der Waals surface area contributed by atoms with E-state index in [1.807, 2.05) is 54.6 Å². The number of benzene rings is 3. The second-order valence-electron chi connectivity index (χ2n) is 9.31. The SMILES string of the molecule is CCOC(=O)C1=C(c2ccccc2)N=c2s/c(=C/c3ccc(-c4cc(Br)ccc4Br)o3)c(=O)n2[C@@H]1c1ccc(F)cc1. The van der Waals surface area contributed by atoms with Gasteiger partial charge >= 0.3 is 5.97 Å². The van der Waals surface area contributed by atoms with Crippen LogP contribution in [0, 0.1) is 5.82 Å². The zero-order valence-electron chi connectivity index (χ0n) is 22.0. The lowest BCUT2D eigenvalue weighted by atomic mass is 9.93. The zero-order valence-corrected chi connectivity index (χ0v) is 26.0. The number of carbonyl (C=O) groups is 1. The van der Waals surface area contributed by atoms with Crippen molar-refractivity contribution < 1.29 is 18.3 Å². The maximum Gasteiger partial charge on any atom is 0.338 e. The van der Waals surface area contributed by atoms with E-state index in [1.54, 1.807) is 31.2 Å². The van der Waals surface area contributed by atoms with E-state index in [4.69, 9.17) is 14.1 Å². The lowest BCUT2D eigenvalue weighted by Gasteiger charge is -2.25. The Morgan fingerprint density at radius 1 is 1.07 bits per heavy atom. The van der Waals surface area contributed by atoms with E-state index >= 15 is 0 Å². The lowest BCUT2D eigenvalue weighted by Crippen LogP contribution is -2.40. The number of esters is 1. The maximum absolute atomic E-state index is 14.0. The van der Waals surface area contributed by atoms with E-state index in [2.05, 4.69) is 31.9 Å². The number of thiazole rings is 1. The molecule has 3 heterocycles. The first-order chi connectivity index (χ1) is 20.3. The summed E-state index contributed by atoms with van der Waals surface area (Å²) in [5.74, 6) is 0.0801. The van der Waals surface area contributed by atoms with E-state index in [1.165, 1.54) is 28.0 Å². The summed E-state index contributed by atoms with van der Waals surface area (Å²) >= 11 is 8.24. The Labute approximate surface area is 260 Å². The largest absolute Gasteiger partial charge is 0.463 e. The highest BCUT2D eigenvalue weighted by molar-refractivity contribution is 9.11. The molecule has 6 nitrogen and oxygen atoms in total. The minimum Gasteiger partial charge on any atom is -0.463 e. The molecule has 1 aliphatic heterocycles. The van der Waals surface area contributed by atoms with Gasteiger partial charge in [-0.2, -0.15) is 0 Å². The average Bonchev–Trinajstić information content (AvgIpc) is 3.58. The molecule has 0 unspecified atom stereocenters. The van der Waals surface area contributed by atoms with Gasteiger partial charge in [-0.15, -0.1) is 0 Å². The summed E-state index contributed by atoms with van der Waals surface area (Å²) in [6.07, 6.45) is 1.66. The van der Waals surface area contributed by atoms with E-state index in [0.29, 0.717) is 37.7 Å². The molecule has 2 aromatic heterocycles. The Morgan fingerprint density at radius 3 is 2.57 bits per heavy atom. The molecule has 0 saturated heterocycles. The molecule has 10 heteroatoms. The molecule has 1 atom stereocenters. The highest BCUT2D eigenvalue weighted by atomic mass is 79.9. The first-order valence-corrected chi connectivity index (χ1v) is 15.3. The molecule has 0 fully saturated rings. The summed E-state index contributed by atoms with van der Waals surface area (Å²) in [4.78, 5) is 32.7. The molecule has 0 saturated carbocycles. The fourth-order valence-corrected chi connectivity index (χ4v) is 6.58. The van der Waals surface area contributed by atoms with Crippen LogP contribution in [0.25, 0.3) is 23.1 Å². The Bertz CT molecular complexity index is 2030. The summed E-state index contributed by atoms with van der Waals surface area (Å²) in [5, 5.41) is 0. The number of hydrogen-bond acceptors (Lipinski definition) is 6. The number of fused-ring (bicyclic) bond motifs is 1. The minimum absolute atomic E-state index is 0.139. The van der Waals surface area contributed by atoms with Crippen LogP contribution in [0.2, 0.25) is 0 Å². The Hall–Kier alpha value is -3.86. The van der Waals surface area contributed by atoms with Crippen molar-refractivity contribution in [2.24, 2.45) is 4.99 Å². The molecular weight excluding hydrogens is 687 g/mol. The summed E-state index contributed by atoms with van der Waals surface area (Å²) < 4.78 is 29.1. The number of halogens is 3. The van der Waals surface area contributed by atoms with Crippen molar-refractivity contribution in [2.75, 3.05) is 6.61 Å². The predicted octanol–water partition coefficient (Wildman–Crippen LogP) is 6.86. The van der Waals surface area contributed by atoms with E-state index in [9.17, 15) is 14.0 Å². The molecular formula is C32H21Br2FN2O4S. The molecule has 210 valence electrons. The molecule has 0 bridgehead atoms. The number of carbonyl (C=O) groups excluding carboxylic acids is 1. The van der Waals surface area contributed by atoms with Gasteiger partial charge in [0.05, 0.1) is 28.5 Å². The third-order valence-electron chi connectivity index (χ3n) is 6.65. The Kier molecular flexibility index (Phi) is 7.94. The molecule has 42 heavy (non-hydrogen) atoms. The van der Waals surface area contributed by atoms with Gasteiger partial charge in [-0.25, -0.2) is 14.2 Å². The van der Waals surface area contributed by atoms with Crippen LogP contribution in [-0.4, -0.2) is 17.1 Å². The smallest absolute Gasteiger partial charge is 0.338 e. The summed E-state index contributed by atoms with van der Waals surface area (Å²) in [5.41, 5.74) is 2.34. The van der Waals surface area contributed by atoms with Crippen molar-refractivity contribution in [3.63, 3.8) is 0 Å². The summed E-state index contributed by atoms with van der Waals surface area (Å²) in [6.45, 7) is 1.85. The van der Waals surface area contributed by atoms with Gasteiger partial charge in [-0.05, 0) is 55.0 Å². The fraction of sp³-hybridized carbons (Fsp3) is 0.0938. The normalized spacial score (nSPS) is 15.0. The molecule has 0 radical (unpaired) electrons. The predicted molar refractivity (Wildman–Crippen MR) is 167 cm³/mol. The van der Waals surface area contributed by atoms with Gasteiger partial charge in [0.2, 0.25) is 0 Å². The van der Waals surface area contributed by atoms with Crippen LogP contribution in [0.5, 0.6) is 0 Å². The molecule has 0 aliphatic carbocycles. The van der Waals surface area contributed by atoms with Crippen molar-refractivity contribution >= 4 is 60.9 Å². The highest BCUT2D eigenvalue weighted by Gasteiger charge is 2.35. The lowest BCUT2D eigenvalue weighted by molar-refractivity contribution is -0.138. The van der Waals surface area contributed by atoms with Gasteiger partial charge in [0.25, 0.3) is 5.56 Å². The van der Waals surface area contributed by atoms with Crippen LogP contribution in [0.1, 0.15) is 29.9 Å². The second kappa shape index (κ2) is 11.8. The quantitative estimate of drug-likeness (QED) is 0.181. The highest BCUT2D eigenvalue weighted by Crippen LogP contribution is 2.35. The number of nitrogens with zero attached hydrogens (tertiary/aromatic N) is 2. The summed E-state index contributed by atoms with van der Waals surface area (Å²) in [7, 11) is 0. The van der Waals surface area contributed by atoms with Gasteiger partial charge < -0.3 is 9.15 Å². The van der Waals surface area contributed by atoms with E-state index in [0.717, 1.165) is 14.5 Å². The molecule has 0 spiro atoms. The fourth-order valence-electron chi connectivity index (χ4n) is 4.79. The third-order valence-corrected chi connectivity index (χ3v) is 8.82. The second-order valence-corrected chi connectivity index (χ2v) is 12.1. The van der Waals surface area contributed by atoms with Crippen molar-refractivity contribution in [1.29, 1.82) is 0 Å². The number of hydrogen-bond donors (Lipinski definition) is 0. The van der Waals surface area contributed by atoms with Crippen LogP contribution in [-0.2, 0) is 9.53 Å². The van der Waals surface area contributed by atoms with E-state index in [-0.39, 0.29) is 17.7 Å². The topological polar surface area (TPSA) is 73.8 Å². The average molecular weight is 708 g/mol. The zero-order chi connectivity index (χ0) is 29.4. The number of ether oxygens (including phenoxy) is 1. The van der Waals surface area contributed by atoms with Crippen LogP contribution >= 0.6 is 43.2 Å². The maximum atomic E-state index is 14.0. The van der Waals surface area contributed by atoms with Gasteiger partial charge in [0.15, 0.2) is 4.80 Å². The van der Waals surface area contributed by atoms with E-state index < -0.39 is 17.8 Å². The number of aromatic nitrogens is 1. The van der Waals surface area contributed by atoms with Crippen LogP contribution in [0.3, 0.4) is 0 Å². The van der Waals surface area contributed by atoms with Crippen LogP contribution in [0.15, 0.2) is 114 Å². The Morgan fingerprint density at radius 2 is 1.83 bits per heavy atom. The Balaban J connectivity index is 1.56. The van der Waals surface area contributed by atoms with Crippen molar-refractivity contribution in [1.82, 2.24) is 4.57 Å². The molecule has 0 N–H and O–H groups in total. The standard InChI is InChI=1S/C32H21Br2FN2O4S/c1-2-40-31(39)27-28(18-6-4-3-5-7-18)36-32-37(29(27)19-8-11-21(35)12-9-19)30(38)26(42-32)17-22-13-15-25(41-22)23-16-20(33)10-14-24(23)34/h3-17,29H,2H2,1H3/b26-17+/t29-/m1/s1. The van der Waals surface area contributed by atoms with Gasteiger partial charge in [0.1, 0.15) is 17.3 Å². The van der Waals surface area contributed by atoms with Gasteiger partial charge in [-0.1, -0.05) is 85.7 Å². The van der Waals surface area contributed by atoms with Crippen molar-refractivity contribution in [2.45, 2.75) is 13.0 Å². The van der Waals surface area contributed by atoms with Crippen LogP contribution in [0.4, 0.5) is 4.39 Å². The molecule has 3 aromatic carbocycles. The molecule has 5 aromatic rings. The first-order valence-electron chi connectivity index (χ1n) is 12.9. The number of furan rings is 1. The summed E-state index contributed by atoms with van der Waals surface area (Å²) in [6, 6.07) is 23.5. The minimum atomic E-state index is -0.886. The van der Waals surface area contributed by atoms with Gasteiger partial charge in [0, 0.05) is 26.1 Å². The first kappa shape index (κ1) is 28.3. The van der Waals surface area contributed by atoms with Crippen molar-refractivity contribution in [3.05, 3.63) is 142 Å². The third kappa shape index (κ3) is 5.37. The number of rotatable bonds is 6. The molecule has 0 amide bonds. The molecule has 6 rings (SSSR count). The van der Waals surface area contributed by atoms with Crippen molar-refractivity contribution in [3.8, 4) is 11.3 Å².